The van der Waals surface area contributed by atoms with Crippen LogP contribution in [0.3, 0.4) is 0 Å². The summed E-state index contributed by atoms with van der Waals surface area (Å²) in [4.78, 5) is 14.3. The van der Waals surface area contributed by atoms with Crippen molar-refractivity contribution in [3.63, 3.8) is 0 Å². The fraction of sp³-hybridized carbons (Fsp3) is 0.588. The summed E-state index contributed by atoms with van der Waals surface area (Å²) in [5.41, 5.74) is 0.245. The number of ether oxygens (including phenoxy) is 1. The molecule has 1 N–H and O–H groups in total. The molecule has 22 heavy (non-hydrogen) atoms. The van der Waals surface area contributed by atoms with E-state index in [9.17, 15) is 14.3 Å². The molecule has 0 bridgehead atoms. The maximum Gasteiger partial charge on any atom is 0.254 e. The number of halogens is 1. The molecule has 1 saturated heterocycles. The molecule has 1 atom stereocenters. The van der Waals surface area contributed by atoms with Gasteiger partial charge in [-0.05, 0) is 49.8 Å². The summed E-state index contributed by atoms with van der Waals surface area (Å²) in [7, 11) is 0. The zero-order valence-electron chi connectivity index (χ0n) is 12.8. The minimum absolute atomic E-state index is 0.183. The molecule has 4 nitrogen and oxygen atoms in total. The Balaban J connectivity index is 1.73. The lowest BCUT2D eigenvalue weighted by Crippen LogP contribution is -2.52. The number of benzene rings is 1. The van der Waals surface area contributed by atoms with Crippen molar-refractivity contribution < 1.29 is 19.0 Å². The predicted molar refractivity (Wildman–Crippen MR) is 79.8 cm³/mol. The van der Waals surface area contributed by atoms with Crippen molar-refractivity contribution in [2.75, 3.05) is 19.7 Å². The second-order valence-corrected chi connectivity index (χ2v) is 6.36. The SMILES string of the molecule is Cc1cc(C2CN(C(=O)C3(O)CCCC3)CCO2)ccc1F. The van der Waals surface area contributed by atoms with Crippen LogP contribution in [0.15, 0.2) is 18.2 Å². The number of amides is 1. The van der Waals surface area contributed by atoms with E-state index in [1.807, 2.05) is 0 Å². The molecule has 1 aliphatic heterocycles. The summed E-state index contributed by atoms with van der Waals surface area (Å²) in [6.45, 7) is 3.05. The number of carbonyl (C=O) groups is 1. The van der Waals surface area contributed by atoms with Gasteiger partial charge in [0.15, 0.2) is 0 Å². The summed E-state index contributed by atoms with van der Waals surface area (Å²) < 4.78 is 19.1. The highest BCUT2D eigenvalue weighted by atomic mass is 19.1. The van der Waals surface area contributed by atoms with Crippen LogP contribution in [0.4, 0.5) is 4.39 Å². The summed E-state index contributed by atoms with van der Waals surface area (Å²) in [6, 6.07) is 4.89. The summed E-state index contributed by atoms with van der Waals surface area (Å²) in [6.07, 6.45) is 2.62. The predicted octanol–water partition coefficient (Wildman–Crippen LogP) is 2.34. The Kier molecular flexibility index (Phi) is 4.19. The first-order valence-corrected chi connectivity index (χ1v) is 7.89. The summed E-state index contributed by atoms with van der Waals surface area (Å²) >= 11 is 0. The molecule has 2 aliphatic rings. The Labute approximate surface area is 129 Å². The average molecular weight is 307 g/mol. The number of rotatable bonds is 2. The Morgan fingerprint density at radius 1 is 1.41 bits per heavy atom. The third kappa shape index (κ3) is 2.88. The monoisotopic (exact) mass is 307 g/mol. The lowest BCUT2D eigenvalue weighted by Gasteiger charge is -2.37. The third-order valence-electron chi connectivity index (χ3n) is 4.74. The number of aliphatic hydroxyl groups is 1. The van der Waals surface area contributed by atoms with E-state index in [-0.39, 0.29) is 17.8 Å². The van der Waals surface area contributed by atoms with Crippen molar-refractivity contribution in [2.24, 2.45) is 0 Å². The molecule has 1 aromatic carbocycles. The van der Waals surface area contributed by atoms with Crippen LogP contribution in [0.1, 0.15) is 42.9 Å². The molecule has 1 amide bonds. The number of hydrogen-bond acceptors (Lipinski definition) is 3. The van der Waals surface area contributed by atoms with Crippen molar-refractivity contribution in [1.82, 2.24) is 4.90 Å². The molecule has 1 aliphatic carbocycles. The molecular formula is C17H22FNO3. The van der Waals surface area contributed by atoms with E-state index >= 15 is 0 Å². The molecule has 2 fully saturated rings. The molecule has 1 heterocycles. The van der Waals surface area contributed by atoms with Crippen LogP contribution < -0.4 is 0 Å². The number of nitrogens with zero attached hydrogens (tertiary/aromatic N) is 1. The van der Waals surface area contributed by atoms with Gasteiger partial charge in [-0.2, -0.15) is 0 Å². The summed E-state index contributed by atoms with van der Waals surface area (Å²) in [5.74, 6) is -0.426. The minimum Gasteiger partial charge on any atom is -0.380 e. The number of hydrogen-bond donors (Lipinski definition) is 1. The van der Waals surface area contributed by atoms with E-state index in [0.717, 1.165) is 18.4 Å². The van der Waals surface area contributed by atoms with Crippen molar-refractivity contribution in [3.8, 4) is 0 Å². The first kappa shape index (κ1) is 15.4. The van der Waals surface area contributed by atoms with Crippen LogP contribution >= 0.6 is 0 Å². The van der Waals surface area contributed by atoms with Gasteiger partial charge in [0, 0.05) is 6.54 Å². The molecule has 0 spiro atoms. The zero-order chi connectivity index (χ0) is 15.7. The van der Waals surface area contributed by atoms with E-state index in [1.165, 1.54) is 6.07 Å². The molecule has 0 aromatic heterocycles. The second kappa shape index (κ2) is 5.97. The van der Waals surface area contributed by atoms with Crippen LogP contribution in [-0.4, -0.2) is 41.2 Å². The fourth-order valence-corrected chi connectivity index (χ4v) is 3.37. The molecule has 1 unspecified atom stereocenters. The Bertz CT molecular complexity index is 569. The van der Waals surface area contributed by atoms with Gasteiger partial charge in [0.1, 0.15) is 17.5 Å². The molecule has 1 aromatic rings. The van der Waals surface area contributed by atoms with Gasteiger partial charge in [-0.3, -0.25) is 4.79 Å². The minimum atomic E-state index is -1.19. The van der Waals surface area contributed by atoms with Gasteiger partial charge in [0.2, 0.25) is 0 Å². The number of aryl methyl sites for hydroxylation is 1. The van der Waals surface area contributed by atoms with Crippen LogP contribution in [-0.2, 0) is 9.53 Å². The van der Waals surface area contributed by atoms with Crippen LogP contribution in [0.2, 0.25) is 0 Å². The van der Waals surface area contributed by atoms with Crippen molar-refractivity contribution >= 4 is 5.91 Å². The largest absolute Gasteiger partial charge is 0.380 e. The van der Waals surface area contributed by atoms with Crippen LogP contribution in [0.5, 0.6) is 0 Å². The number of morpholine rings is 1. The standard InChI is InChI=1S/C17H22FNO3/c1-12-10-13(4-5-14(12)18)15-11-19(8-9-22-15)16(20)17(21)6-2-3-7-17/h4-5,10,15,21H,2-3,6-9,11H2,1H3. The van der Waals surface area contributed by atoms with Crippen molar-refractivity contribution in [3.05, 3.63) is 35.1 Å². The lowest BCUT2D eigenvalue weighted by molar-refractivity contribution is -0.158. The van der Waals surface area contributed by atoms with Gasteiger partial charge in [-0.1, -0.05) is 12.1 Å². The highest BCUT2D eigenvalue weighted by Crippen LogP contribution is 2.33. The highest BCUT2D eigenvalue weighted by Gasteiger charge is 2.42. The molecule has 0 radical (unpaired) electrons. The van der Waals surface area contributed by atoms with Gasteiger partial charge in [0.05, 0.1) is 13.2 Å². The van der Waals surface area contributed by atoms with E-state index < -0.39 is 5.60 Å². The summed E-state index contributed by atoms with van der Waals surface area (Å²) in [5, 5.41) is 10.5. The Morgan fingerprint density at radius 3 is 2.82 bits per heavy atom. The molecule has 5 heteroatoms. The van der Waals surface area contributed by atoms with Crippen molar-refractivity contribution in [1.29, 1.82) is 0 Å². The van der Waals surface area contributed by atoms with E-state index in [2.05, 4.69) is 0 Å². The van der Waals surface area contributed by atoms with Crippen LogP contribution in [0.25, 0.3) is 0 Å². The zero-order valence-corrected chi connectivity index (χ0v) is 12.8. The van der Waals surface area contributed by atoms with E-state index in [0.29, 0.717) is 38.1 Å². The maximum absolute atomic E-state index is 13.4. The molecule has 3 rings (SSSR count). The Hall–Kier alpha value is -1.46. The van der Waals surface area contributed by atoms with Gasteiger partial charge in [-0.15, -0.1) is 0 Å². The van der Waals surface area contributed by atoms with Gasteiger partial charge in [-0.25, -0.2) is 4.39 Å². The normalized spacial score (nSPS) is 24.5. The fourth-order valence-electron chi connectivity index (χ4n) is 3.37. The van der Waals surface area contributed by atoms with Gasteiger partial charge in [0.25, 0.3) is 5.91 Å². The average Bonchev–Trinajstić information content (AvgIpc) is 2.97. The van der Waals surface area contributed by atoms with Crippen LogP contribution in [0, 0.1) is 12.7 Å². The lowest BCUT2D eigenvalue weighted by atomic mass is 9.99. The smallest absolute Gasteiger partial charge is 0.254 e. The topological polar surface area (TPSA) is 49.8 Å². The number of carbonyl (C=O) groups excluding carboxylic acids is 1. The maximum atomic E-state index is 13.4. The van der Waals surface area contributed by atoms with E-state index in [4.69, 9.17) is 4.74 Å². The molecule has 1 saturated carbocycles. The molecule has 120 valence electrons. The van der Waals surface area contributed by atoms with Gasteiger partial charge >= 0.3 is 0 Å². The third-order valence-corrected chi connectivity index (χ3v) is 4.74. The second-order valence-electron chi connectivity index (χ2n) is 6.36. The molecular weight excluding hydrogens is 285 g/mol. The van der Waals surface area contributed by atoms with Crippen molar-refractivity contribution in [2.45, 2.75) is 44.3 Å². The highest BCUT2D eigenvalue weighted by molar-refractivity contribution is 5.85. The van der Waals surface area contributed by atoms with Gasteiger partial charge < -0.3 is 14.7 Å². The first-order chi connectivity index (χ1) is 10.5. The quantitative estimate of drug-likeness (QED) is 0.912. The van der Waals surface area contributed by atoms with E-state index in [1.54, 1.807) is 24.0 Å². The first-order valence-electron chi connectivity index (χ1n) is 7.89. The Morgan fingerprint density at radius 2 is 2.14 bits per heavy atom.